The molecule has 0 aliphatic rings. The van der Waals surface area contributed by atoms with Crippen molar-refractivity contribution < 1.29 is 10.2 Å². The number of aliphatic hydroxyl groups is 2. The van der Waals surface area contributed by atoms with Crippen molar-refractivity contribution in [2.24, 2.45) is 0 Å². The van der Waals surface area contributed by atoms with Crippen molar-refractivity contribution in [2.45, 2.75) is 13.0 Å². The van der Waals surface area contributed by atoms with E-state index in [0.29, 0.717) is 12.2 Å². The lowest BCUT2D eigenvalue weighted by Gasteiger charge is -2.13. The largest absolute Gasteiger partial charge is 0.397 e. The third kappa shape index (κ3) is 2.61. The van der Waals surface area contributed by atoms with Gasteiger partial charge in [0.05, 0.1) is 24.1 Å². The molecule has 1 aromatic carbocycles. The topological polar surface area (TPSA) is 78.5 Å². The molecule has 0 aliphatic carbocycles. The van der Waals surface area contributed by atoms with Gasteiger partial charge in [0.15, 0.2) is 0 Å². The molecule has 0 saturated heterocycles. The molecule has 1 aromatic rings. The van der Waals surface area contributed by atoms with Crippen molar-refractivity contribution in [1.82, 2.24) is 0 Å². The summed E-state index contributed by atoms with van der Waals surface area (Å²) in [6, 6.07) is 5.65. The molecular formula is C10H16N2O2. The van der Waals surface area contributed by atoms with E-state index in [1.807, 2.05) is 25.1 Å². The zero-order valence-electron chi connectivity index (χ0n) is 8.20. The predicted molar refractivity (Wildman–Crippen MR) is 57.2 cm³/mol. The van der Waals surface area contributed by atoms with Crippen LogP contribution >= 0.6 is 0 Å². The number of nitrogens with two attached hydrogens (primary N) is 1. The molecule has 0 bridgehead atoms. The van der Waals surface area contributed by atoms with E-state index < -0.39 is 6.10 Å². The Bertz CT molecular complexity index is 302. The van der Waals surface area contributed by atoms with Gasteiger partial charge in [-0.25, -0.2) is 0 Å². The third-order valence-corrected chi connectivity index (χ3v) is 2.06. The fourth-order valence-electron chi connectivity index (χ4n) is 1.13. The summed E-state index contributed by atoms with van der Waals surface area (Å²) in [7, 11) is 0. The first kappa shape index (κ1) is 10.8. The maximum atomic E-state index is 9.13. The fraction of sp³-hybridized carbons (Fsp3) is 0.400. The number of benzene rings is 1. The molecule has 14 heavy (non-hydrogen) atoms. The smallest absolute Gasteiger partial charge is 0.0942 e. The molecule has 0 aliphatic heterocycles. The second-order valence-corrected chi connectivity index (χ2v) is 3.25. The minimum absolute atomic E-state index is 0.251. The number of nitrogens with one attached hydrogen (secondary N) is 1. The van der Waals surface area contributed by atoms with E-state index in [0.717, 1.165) is 11.3 Å². The second-order valence-electron chi connectivity index (χ2n) is 3.25. The predicted octanol–water partition coefficient (Wildman–Crippen LogP) is 0.342. The summed E-state index contributed by atoms with van der Waals surface area (Å²) in [5.41, 5.74) is 8.27. The van der Waals surface area contributed by atoms with Gasteiger partial charge in [-0.05, 0) is 18.6 Å². The van der Waals surface area contributed by atoms with Gasteiger partial charge >= 0.3 is 0 Å². The summed E-state index contributed by atoms with van der Waals surface area (Å²) in [6.07, 6.45) is -0.755. The molecule has 0 saturated carbocycles. The molecule has 0 amide bonds. The number of aryl methyl sites for hydroxylation is 1. The lowest BCUT2D eigenvalue weighted by Crippen LogP contribution is -2.23. The summed E-state index contributed by atoms with van der Waals surface area (Å²) in [6.45, 7) is 1.96. The highest BCUT2D eigenvalue weighted by atomic mass is 16.3. The Morgan fingerprint density at radius 2 is 2.21 bits per heavy atom. The van der Waals surface area contributed by atoms with Crippen LogP contribution in [0.3, 0.4) is 0 Å². The van der Waals surface area contributed by atoms with Gasteiger partial charge in [-0.2, -0.15) is 0 Å². The first-order valence-corrected chi connectivity index (χ1v) is 4.53. The molecule has 0 fully saturated rings. The minimum Gasteiger partial charge on any atom is -0.397 e. The molecule has 1 atom stereocenters. The van der Waals surface area contributed by atoms with Gasteiger partial charge in [-0.15, -0.1) is 0 Å². The molecule has 1 unspecified atom stereocenters. The van der Waals surface area contributed by atoms with Crippen molar-refractivity contribution in [3.63, 3.8) is 0 Å². The van der Waals surface area contributed by atoms with E-state index >= 15 is 0 Å². The Morgan fingerprint density at radius 1 is 1.50 bits per heavy atom. The van der Waals surface area contributed by atoms with Crippen molar-refractivity contribution in [3.8, 4) is 0 Å². The Hall–Kier alpha value is -1.26. The lowest BCUT2D eigenvalue weighted by molar-refractivity contribution is 0.105. The number of rotatable bonds is 4. The van der Waals surface area contributed by atoms with E-state index in [1.165, 1.54) is 0 Å². The van der Waals surface area contributed by atoms with E-state index in [1.54, 1.807) is 0 Å². The summed E-state index contributed by atoms with van der Waals surface area (Å²) < 4.78 is 0. The molecule has 4 heteroatoms. The Kier molecular flexibility index (Phi) is 3.73. The monoisotopic (exact) mass is 196 g/mol. The van der Waals surface area contributed by atoms with Crippen LogP contribution in [0.2, 0.25) is 0 Å². The van der Waals surface area contributed by atoms with Gasteiger partial charge in [-0.3, -0.25) is 0 Å². The van der Waals surface area contributed by atoms with Gasteiger partial charge in [-0.1, -0.05) is 12.1 Å². The maximum absolute atomic E-state index is 9.13. The van der Waals surface area contributed by atoms with Gasteiger partial charge in [0, 0.05) is 6.54 Å². The van der Waals surface area contributed by atoms with Crippen LogP contribution in [0.15, 0.2) is 18.2 Å². The van der Waals surface area contributed by atoms with Crippen molar-refractivity contribution in [3.05, 3.63) is 23.8 Å². The normalized spacial score (nSPS) is 12.5. The molecule has 5 N–H and O–H groups in total. The highest BCUT2D eigenvalue weighted by Gasteiger charge is 2.04. The van der Waals surface area contributed by atoms with Crippen LogP contribution in [0.1, 0.15) is 5.56 Å². The Balaban J connectivity index is 2.63. The third-order valence-electron chi connectivity index (χ3n) is 2.06. The van der Waals surface area contributed by atoms with E-state index in [2.05, 4.69) is 5.32 Å². The molecule has 0 heterocycles. The van der Waals surface area contributed by atoms with Crippen molar-refractivity contribution in [1.29, 1.82) is 0 Å². The first-order chi connectivity index (χ1) is 6.65. The number of aliphatic hydroxyl groups excluding tert-OH is 2. The molecular weight excluding hydrogens is 180 g/mol. The molecule has 0 radical (unpaired) electrons. The number of nitrogen functional groups attached to an aromatic ring is 1. The minimum atomic E-state index is -0.755. The van der Waals surface area contributed by atoms with E-state index in [4.69, 9.17) is 15.9 Å². The SMILES string of the molecule is Cc1cccc(NCC(O)CO)c1N. The molecule has 4 nitrogen and oxygen atoms in total. The zero-order valence-corrected chi connectivity index (χ0v) is 8.20. The van der Waals surface area contributed by atoms with Crippen LogP contribution in [-0.2, 0) is 0 Å². The van der Waals surface area contributed by atoms with E-state index in [9.17, 15) is 0 Å². The number of para-hydroxylation sites is 1. The Morgan fingerprint density at radius 3 is 2.86 bits per heavy atom. The van der Waals surface area contributed by atoms with Crippen LogP contribution < -0.4 is 11.1 Å². The van der Waals surface area contributed by atoms with Gasteiger partial charge in [0.1, 0.15) is 0 Å². The van der Waals surface area contributed by atoms with Crippen molar-refractivity contribution >= 4 is 11.4 Å². The molecule has 0 spiro atoms. The Labute approximate surface area is 83.4 Å². The van der Waals surface area contributed by atoms with Crippen LogP contribution in [0.25, 0.3) is 0 Å². The number of hydrogen-bond donors (Lipinski definition) is 4. The number of hydrogen-bond acceptors (Lipinski definition) is 4. The lowest BCUT2D eigenvalue weighted by atomic mass is 10.1. The molecule has 78 valence electrons. The maximum Gasteiger partial charge on any atom is 0.0942 e. The summed E-state index contributed by atoms with van der Waals surface area (Å²) in [5, 5.41) is 20.7. The van der Waals surface area contributed by atoms with Crippen molar-refractivity contribution in [2.75, 3.05) is 24.2 Å². The molecule has 1 rings (SSSR count). The van der Waals surface area contributed by atoms with Crippen LogP contribution in [0.5, 0.6) is 0 Å². The highest BCUT2D eigenvalue weighted by molar-refractivity contribution is 5.69. The van der Waals surface area contributed by atoms with Gasteiger partial charge < -0.3 is 21.3 Å². The quantitative estimate of drug-likeness (QED) is 0.524. The summed E-state index contributed by atoms with van der Waals surface area (Å²) in [5.74, 6) is 0. The highest BCUT2D eigenvalue weighted by Crippen LogP contribution is 2.21. The molecule has 0 aromatic heterocycles. The van der Waals surface area contributed by atoms with Crippen LogP contribution in [0.4, 0.5) is 11.4 Å². The zero-order chi connectivity index (χ0) is 10.6. The van der Waals surface area contributed by atoms with Gasteiger partial charge in [0.2, 0.25) is 0 Å². The fourth-order valence-corrected chi connectivity index (χ4v) is 1.13. The average molecular weight is 196 g/mol. The van der Waals surface area contributed by atoms with Gasteiger partial charge in [0.25, 0.3) is 0 Å². The van der Waals surface area contributed by atoms with E-state index in [-0.39, 0.29) is 6.61 Å². The summed E-state index contributed by atoms with van der Waals surface area (Å²) in [4.78, 5) is 0. The second kappa shape index (κ2) is 4.83. The standard InChI is InChI=1S/C10H16N2O2/c1-7-3-2-4-9(10(7)11)12-5-8(14)6-13/h2-4,8,12-14H,5-6,11H2,1H3. The average Bonchev–Trinajstić information content (AvgIpc) is 2.20. The number of anilines is 2. The summed E-state index contributed by atoms with van der Waals surface area (Å²) >= 11 is 0. The first-order valence-electron chi connectivity index (χ1n) is 4.53. The van der Waals surface area contributed by atoms with Crippen LogP contribution in [-0.4, -0.2) is 29.5 Å². The van der Waals surface area contributed by atoms with Crippen LogP contribution in [0, 0.1) is 6.92 Å².